The van der Waals surface area contributed by atoms with Gasteiger partial charge in [0, 0.05) is 30.7 Å². The molecule has 1 aromatic carbocycles. The fourth-order valence-corrected chi connectivity index (χ4v) is 6.71. The number of carbonyl (C=O) groups is 1. The van der Waals surface area contributed by atoms with E-state index in [1.165, 1.54) is 6.42 Å². The summed E-state index contributed by atoms with van der Waals surface area (Å²) in [6.45, 7) is 3.57. The number of anilines is 1. The highest BCUT2D eigenvalue weighted by Gasteiger charge is 2.43. The van der Waals surface area contributed by atoms with E-state index in [9.17, 15) is 13.2 Å². The third kappa shape index (κ3) is 3.07. The van der Waals surface area contributed by atoms with Crippen LogP contribution in [0.2, 0.25) is 0 Å². The maximum Gasteiger partial charge on any atom is 0.243 e. The average molecular weight is 377 g/mol. The second kappa shape index (κ2) is 6.64. The number of fused-ring (bicyclic) bond motifs is 1. The number of hydrogen-bond acceptors (Lipinski definition) is 3. The Morgan fingerprint density at radius 3 is 2.35 bits per heavy atom. The minimum atomic E-state index is -3.48. The molecule has 0 N–H and O–H groups in total. The molecule has 1 aliphatic heterocycles. The number of benzene rings is 1. The molecule has 3 aliphatic rings. The maximum atomic E-state index is 13.5. The van der Waals surface area contributed by atoms with Crippen molar-refractivity contribution >= 4 is 21.6 Å². The molecule has 2 saturated carbocycles. The number of rotatable bonds is 4. The van der Waals surface area contributed by atoms with Gasteiger partial charge in [-0.2, -0.15) is 4.31 Å². The molecule has 1 aromatic rings. The molecule has 2 fully saturated rings. The molecule has 1 amide bonds. The highest BCUT2D eigenvalue weighted by Crippen LogP contribution is 2.40. The molecule has 0 unspecified atom stereocenters. The summed E-state index contributed by atoms with van der Waals surface area (Å²) < 4.78 is 28.7. The number of hydrogen-bond donors (Lipinski definition) is 0. The first-order chi connectivity index (χ1) is 12.4. The van der Waals surface area contributed by atoms with Gasteiger partial charge < -0.3 is 4.90 Å². The molecule has 1 heterocycles. The molecule has 0 aromatic heterocycles. The normalized spacial score (nSPS) is 24.1. The SMILES string of the molecule is CC(=O)N1c2ccc(S(=O)(=O)N(C3CCCCC3)C3CC3)cc2C[C@H]1C. The summed E-state index contributed by atoms with van der Waals surface area (Å²) in [5, 5.41) is 0. The summed E-state index contributed by atoms with van der Waals surface area (Å²) in [4.78, 5) is 14.1. The molecule has 6 heteroatoms. The third-order valence-corrected chi connectivity index (χ3v) is 8.02. The van der Waals surface area contributed by atoms with Crippen LogP contribution in [-0.4, -0.2) is 36.8 Å². The van der Waals surface area contributed by atoms with Crippen molar-refractivity contribution in [3.05, 3.63) is 23.8 Å². The number of sulfonamides is 1. The van der Waals surface area contributed by atoms with Gasteiger partial charge in [0.15, 0.2) is 0 Å². The number of nitrogens with zero attached hydrogens (tertiary/aromatic N) is 2. The lowest BCUT2D eigenvalue weighted by Crippen LogP contribution is -2.42. The van der Waals surface area contributed by atoms with Crippen molar-refractivity contribution in [2.75, 3.05) is 4.90 Å². The Morgan fingerprint density at radius 1 is 1.08 bits per heavy atom. The molecule has 0 bridgehead atoms. The van der Waals surface area contributed by atoms with Crippen LogP contribution in [0, 0.1) is 0 Å². The van der Waals surface area contributed by atoms with Crippen LogP contribution in [0.25, 0.3) is 0 Å². The van der Waals surface area contributed by atoms with Crippen LogP contribution in [0.5, 0.6) is 0 Å². The lowest BCUT2D eigenvalue weighted by atomic mass is 9.95. The molecule has 4 rings (SSSR count). The molecule has 0 saturated heterocycles. The fraction of sp³-hybridized carbons (Fsp3) is 0.650. The van der Waals surface area contributed by atoms with Crippen molar-refractivity contribution in [2.45, 2.75) is 88.2 Å². The van der Waals surface area contributed by atoms with E-state index >= 15 is 0 Å². The zero-order valence-electron chi connectivity index (χ0n) is 15.6. The number of amides is 1. The van der Waals surface area contributed by atoms with Gasteiger partial charge in [-0.15, -0.1) is 0 Å². The van der Waals surface area contributed by atoms with Gasteiger partial charge in [-0.05, 0) is 62.8 Å². The van der Waals surface area contributed by atoms with Crippen LogP contribution in [0.15, 0.2) is 23.1 Å². The van der Waals surface area contributed by atoms with Gasteiger partial charge in [-0.25, -0.2) is 8.42 Å². The molecular weight excluding hydrogens is 348 g/mol. The van der Waals surface area contributed by atoms with Crippen molar-refractivity contribution in [1.82, 2.24) is 4.31 Å². The molecule has 2 aliphatic carbocycles. The second-order valence-corrected chi connectivity index (χ2v) is 9.93. The van der Waals surface area contributed by atoms with E-state index < -0.39 is 10.0 Å². The molecular formula is C20H28N2O3S. The van der Waals surface area contributed by atoms with E-state index in [1.54, 1.807) is 17.9 Å². The van der Waals surface area contributed by atoms with E-state index in [1.807, 2.05) is 23.4 Å². The second-order valence-electron chi connectivity index (χ2n) is 8.09. The van der Waals surface area contributed by atoms with Crippen LogP contribution in [0.4, 0.5) is 5.69 Å². The van der Waals surface area contributed by atoms with Crippen molar-refractivity contribution in [1.29, 1.82) is 0 Å². The summed E-state index contributed by atoms with van der Waals surface area (Å²) in [6.07, 6.45) is 8.10. The van der Waals surface area contributed by atoms with Crippen LogP contribution < -0.4 is 4.90 Å². The maximum absolute atomic E-state index is 13.5. The monoisotopic (exact) mass is 376 g/mol. The van der Waals surface area contributed by atoms with E-state index in [-0.39, 0.29) is 24.0 Å². The number of carbonyl (C=O) groups excluding carboxylic acids is 1. The minimum absolute atomic E-state index is 0.00803. The van der Waals surface area contributed by atoms with E-state index in [0.29, 0.717) is 11.3 Å². The zero-order chi connectivity index (χ0) is 18.5. The first kappa shape index (κ1) is 18.0. The van der Waals surface area contributed by atoms with Crippen LogP contribution in [0.3, 0.4) is 0 Å². The lowest BCUT2D eigenvalue weighted by molar-refractivity contribution is -0.116. The Labute approximate surface area is 156 Å². The summed E-state index contributed by atoms with van der Waals surface area (Å²) in [7, 11) is -3.48. The van der Waals surface area contributed by atoms with E-state index in [0.717, 1.165) is 49.8 Å². The van der Waals surface area contributed by atoms with Crippen molar-refractivity contribution in [3.8, 4) is 0 Å². The topological polar surface area (TPSA) is 57.7 Å². The van der Waals surface area contributed by atoms with Crippen LogP contribution >= 0.6 is 0 Å². The Balaban J connectivity index is 1.68. The first-order valence-corrected chi connectivity index (χ1v) is 11.3. The fourth-order valence-electron chi connectivity index (χ4n) is 4.72. The van der Waals surface area contributed by atoms with Crippen molar-refractivity contribution < 1.29 is 13.2 Å². The largest absolute Gasteiger partial charge is 0.309 e. The highest BCUT2D eigenvalue weighted by atomic mass is 32.2. The molecule has 0 spiro atoms. The Morgan fingerprint density at radius 2 is 1.73 bits per heavy atom. The van der Waals surface area contributed by atoms with Gasteiger partial charge in [0.25, 0.3) is 0 Å². The van der Waals surface area contributed by atoms with Crippen LogP contribution in [0.1, 0.15) is 64.4 Å². The zero-order valence-corrected chi connectivity index (χ0v) is 16.5. The Bertz CT molecular complexity index is 810. The molecule has 1 atom stereocenters. The van der Waals surface area contributed by atoms with Gasteiger partial charge in [0.05, 0.1) is 4.90 Å². The average Bonchev–Trinajstić information content (AvgIpc) is 3.35. The summed E-state index contributed by atoms with van der Waals surface area (Å²) in [5.41, 5.74) is 1.83. The predicted molar refractivity (Wildman–Crippen MR) is 102 cm³/mol. The Kier molecular flexibility index (Phi) is 4.59. The molecule has 26 heavy (non-hydrogen) atoms. The highest BCUT2D eigenvalue weighted by molar-refractivity contribution is 7.89. The van der Waals surface area contributed by atoms with Gasteiger partial charge in [0.2, 0.25) is 15.9 Å². The standard InChI is InChI=1S/C20H28N2O3S/c1-14-12-16-13-19(10-11-20(16)21(14)15(2)23)26(24,25)22(18-8-9-18)17-6-4-3-5-7-17/h10-11,13-14,17-18H,3-9,12H2,1-2H3/t14-/m1/s1. The summed E-state index contributed by atoms with van der Waals surface area (Å²) in [6, 6.07) is 5.74. The quantitative estimate of drug-likeness (QED) is 0.808. The van der Waals surface area contributed by atoms with Crippen molar-refractivity contribution in [2.24, 2.45) is 0 Å². The smallest absolute Gasteiger partial charge is 0.243 e. The predicted octanol–water partition coefficient (Wildman–Crippen LogP) is 3.47. The minimum Gasteiger partial charge on any atom is -0.309 e. The summed E-state index contributed by atoms with van der Waals surface area (Å²) in [5.74, 6) is 0.00803. The van der Waals surface area contributed by atoms with Gasteiger partial charge >= 0.3 is 0 Å². The molecule has 142 valence electrons. The summed E-state index contributed by atoms with van der Waals surface area (Å²) >= 11 is 0. The third-order valence-electron chi connectivity index (χ3n) is 6.02. The lowest BCUT2D eigenvalue weighted by Gasteiger charge is -2.33. The van der Waals surface area contributed by atoms with E-state index in [4.69, 9.17) is 0 Å². The van der Waals surface area contributed by atoms with Crippen LogP contribution in [-0.2, 0) is 21.2 Å². The Hall–Kier alpha value is -1.40. The van der Waals surface area contributed by atoms with E-state index in [2.05, 4.69) is 0 Å². The molecule has 0 radical (unpaired) electrons. The van der Waals surface area contributed by atoms with Gasteiger partial charge in [-0.3, -0.25) is 4.79 Å². The van der Waals surface area contributed by atoms with Crippen molar-refractivity contribution in [3.63, 3.8) is 0 Å². The first-order valence-electron chi connectivity index (χ1n) is 9.86. The van der Waals surface area contributed by atoms with Gasteiger partial charge in [0.1, 0.15) is 0 Å². The van der Waals surface area contributed by atoms with Gasteiger partial charge in [-0.1, -0.05) is 19.3 Å². The molecule has 5 nitrogen and oxygen atoms in total.